The van der Waals surface area contributed by atoms with E-state index in [1.165, 1.54) is 6.54 Å². The lowest BCUT2D eigenvalue weighted by Gasteiger charge is -2.45. The highest BCUT2D eigenvalue weighted by molar-refractivity contribution is 4.87. The zero-order valence-electron chi connectivity index (χ0n) is 9.91. The van der Waals surface area contributed by atoms with E-state index in [2.05, 4.69) is 23.6 Å². The Labute approximate surface area is 92.4 Å². The predicted octanol–water partition coefficient (Wildman–Crippen LogP) is -0.260. The first-order chi connectivity index (χ1) is 7.04. The van der Waals surface area contributed by atoms with Gasteiger partial charge < -0.3 is 10.5 Å². The highest BCUT2D eigenvalue weighted by Crippen LogP contribution is 2.15. The molecule has 0 radical (unpaired) electrons. The first-order valence-electron chi connectivity index (χ1n) is 5.88. The van der Waals surface area contributed by atoms with Gasteiger partial charge in [0.1, 0.15) is 0 Å². The van der Waals surface area contributed by atoms with Gasteiger partial charge in [0.2, 0.25) is 0 Å². The van der Waals surface area contributed by atoms with Crippen LogP contribution in [0.25, 0.3) is 0 Å². The molecule has 2 aliphatic rings. The molecule has 0 aliphatic carbocycles. The number of nitrogens with two attached hydrogens (primary N) is 1. The molecule has 0 saturated carbocycles. The number of nitrogens with zero attached hydrogens (tertiary/aromatic N) is 2. The number of morpholine rings is 1. The van der Waals surface area contributed by atoms with Crippen LogP contribution < -0.4 is 5.73 Å². The van der Waals surface area contributed by atoms with Gasteiger partial charge in [-0.25, -0.2) is 0 Å². The number of fused-ring (bicyclic) bond motifs is 1. The van der Waals surface area contributed by atoms with E-state index in [1.807, 2.05) is 0 Å². The zero-order valence-corrected chi connectivity index (χ0v) is 9.91. The highest BCUT2D eigenvalue weighted by Gasteiger charge is 2.30. The summed E-state index contributed by atoms with van der Waals surface area (Å²) in [5.74, 6) is 0. The topological polar surface area (TPSA) is 41.7 Å². The Morgan fingerprint density at radius 3 is 2.87 bits per heavy atom. The lowest BCUT2D eigenvalue weighted by atomic mass is 10.0. The van der Waals surface area contributed by atoms with Gasteiger partial charge in [0.25, 0.3) is 0 Å². The second kappa shape index (κ2) is 4.37. The zero-order chi connectivity index (χ0) is 10.9. The number of hydrogen-bond acceptors (Lipinski definition) is 4. The minimum absolute atomic E-state index is 0.0856. The Morgan fingerprint density at radius 1 is 1.33 bits per heavy atom. The summed E-state index contributed by atoms with van der Waals surface area (Å²) in [7, 11) is 0. The molecular formula is C11H23N3O. The smallest absolute Gasteiger partial charge is 0.0634 e. The summed E-state index contributed by atoms with van der Waals surface area (Å²) < 4.78 is 5.52. The third-order valence-corrected chi connectivity index (χ3v) is 3.15. The van der Waals surface area contributed by atoms with Gasteiger partial charge >= 0.3 is 0 Å². The van der Waals surface area contributed by atoms with Crippen LogP contribution in [0.3, 0.4) is 0 Å². The minimum atomic E-state index is -0.0856. The maximum atomic E-state index is 6.05. The maximum Gasteiger partial charge on any atom is 0.0634 e. The third-order valence-electron chi connectivity index (χ3n) is 3.15. The lowest BCUT2D eigenvalue weighted by molar-refractivity contribution is -0.0470. The van der Waals surface area contributed by atoms with Crippen LogP contribution in [0.5, 0.6) is 0 Å². The van der Waals surface area contributed by atoms with Gasteiger partial charge in [-0.15, -0.1) is 0 Å². The summed E-state index contributed by atoms with van der Waals surface area (Å²) in [4.78, 5) is 5.01. The fourth-order valence-electron chi connectivity index (χ4n) is 2.53. The molecule has 2 fully saturated rings. The number of hydrogen-bond donors (Lipinski definition) is 1. The van der Waals surface area contributed by atoms with Gasteiger partial charge in [0.15, 0.2) is 0 Å². The SMILES string of the molecule is CC(C)(N)CN1CCN2CCOCC2C1. The van der Waals surface area contributed by atoms with Gasteiger partial charge in [-0.05, 0) is 13.8 Å². The third kappa shape index (κ3) is 3.14. The quantitative estimate of drug-likeness (QED) is 0.686. The highest BCUT2D eigenvalue weighted by atomic mass is 16.5. The van der Waals surface area contributed by atoms with Crippen molar-refractivity contribution in [1.29, 1.82) is 0 Å². The number of rotatable bonds is 2. The molecule has 1 unspecified atom stereocenters. The van der Waals surface area contributed by atoms with Gasteiger partial charge in [0, 0.05) is 44.3 Å². The van der Waals surface area contributed by atoms with Crippen LogP contribution in [0, 0.1) is 0 Å². The van der Waals surface area contributed by atoms with Crippen molar-refractivity contribution in [3.63, 3.8) is 0 Å². The van der Waals surface area contributed by atoms with Crippen LogP contribution >= 0.6 is 0 Å². The normalized spacial score (nSPS) is 30.2. The summed E-state index contributed by atoms with van der Waals surface area (Å²) in [6.07, 6.45) is 0. The molecule has 15 heavy (non-hydrogen) atoms. The largest absolute Gasteiger partial charge is 0.378 e. The Hall–Kier alpha value is -0.160. The lowest BCUT2D eigenvalue weighted by Crippen LogP contribution is -2.60. The fourth-order valence-corrected chi connectivity index (χ4v) is 2.53. The van der Waals surface area contributed by atoms with Gasteiger partial charge in [-0.2, -0.15) is 0 Å². The Morgan fingerprint density at radius 2 is 2.13 bits per heavy atom. The molecule has 0 amide bonds. The second-order valence-electron chi connectivity index (χ2n) is 5.49. The molecule has 2 saturated heterocycles. The summed E-state index contributed by atoms with van der Waals surface area (Å²) in [5, 5.41) is 0. The Bertz CT molecular complexity index is 214. The molecule has 4 nitrogen and oxygen atoms in total. The number of ether oxygens (including phenoxy) is 1. The standard InChI is InChI=1S/C11H23N3O/c1-11(2,12)9-13-3-4-14-5-6-15-8-10(14)7-13/h10H,3-9,12H2,1-2H3. The first kappa shape index (κ1) is 11.3. The second-order valence-corrected chi connectivity index (χ2v) is 5.49. The van der Waals surface area contributed by atoms with Crippen LogP contribution in [0.4, 0.5) is 0 Å². The van der Waals surface area contributed by atoms with Crippen LogP contribution in [0.2, 0.25) is 0 Å². The molecule has 0 spiro atoms. The van der Waals surface area contributed by atoms with Crippen molar-refractivity contribution in [2.75, 3.05) is 45.9 Å². The summed E-state index contributed by atoms with van der Waals surface area (Å²) in [5.41, 5.74) is 5.96. The molecule has 1 atom stereocenters. The summed E-state index contributed by atoms with van der Waals surface area (Å²) >= 11 is 0. The molecule has 0 aromatic carbocycles. The summed E-state index contributed by atoms with van der Waals surface area (Å²) in [6.45, 7) is 11.5. The molecule has 4 heteroatoms. The molecule has 88 valence electrons. The van der Waals surface area contributed by atoms with Crippen molar-refractivity contribution in [1.82, 2.24) is 9.80 Å². The van der Waals surface area contributed by atoms with E-state index >= 15 is 0 Å². The molecular weight excluding hydrogens is 190 g/mol. The minimum Gasteiger partial charge on any atom is -0.378 e. The molecule has 0 bridgehead atoms. The monoisotopic (exact) mass is 213 g/mol. The van der Waals surface area contributed by atoms with E-state index < -0.39 is 0 Å². The van der Waals surface area contributed by atoms with Crippen molar-refractivity contribution in [3.8, 4) is 0 Å². The van der Waals surface area contributed by atoms with Crippen molar-refractivity contribution >= 4 is 0 Å². The van der Waals surface area contributed by atoms with Gasteiger partial charge in [-0.1, -0.05) is 0 Å². The Kier molecular flexibility index (Phi) is 3.30. The first-order valence-corrected chi connectivity index (χ1v) is 5.88. The molecule has 2 N–H and O–H groups in total. The van der Waals surface area contributed by atoms with Crippen molar-refractivity contribution < 1.29 is 4.74 Å². The average molecular weight is 213 g/mol. The summed E-state index contributed by atoms with van der Waals surface area (Å²) in [6, 6.07) is 0.592. The van der Waals surface area contributed by atoms with Crippen LogP contribution in [-0.2, 0) is 4.74 Å². The molecule has 0 aromatic heterocycles. The Balaban J connectivity index is 1.85. The molecule has 2 heterocycles. The van der Waals surface area contributed by atoms with E-state index in [4.69, 9.17) is 10.5 Å². The van der Waals surface area contributed by atoms with Crippen molar-refractivity contribution in [2.24, 2.45) is 5.73 Å². The maximum absolute atomic E-state index is 6.05. The van der Waals surface area contributed by atoms with Crippen LogP contribution in [0.15, 0.2) is 0 Å². The van der Waals surface area contributed by atoms with Crippen molar-refractivity contribution in [3.05, 3.63) is 0 Å². The fraction of sp³-hybridized carbons (Fsp3) is 1.00. The van der Waals surface area contributed by atoms with E-state index in [1.54, 1.807) is 0 Å². The van der Waals surface area contributed by atoms with E-state index in [9.17, 15) is 0 Å². The van der Waals surface area contributed by atoms with Gasteiger partial charge in [-0.3, -0.25) is 9.80 Å². The van der Waals surface area contributed by atoms with Gasteiger partial charge in [0.05, 0.1) is 13.2 Å². The van der Waals surface area contributed by atoms with Crippen LogP contribution in [0.1, 0.15) is 13.8 Å². The van der Waals surface area contributed by atoms with Crippen molar-refractivity contribution in [2.45, 2.75) is 25.4 Å². The molecule has 2 rings (SSSR count). The average Bonchev–Trinajstić information content (AvgIpc) is 2.15. The van der Waals surface area contributed by atoms with E-state index in [0.717, 1.165) is 39.4 Å². The predicted molar refractivity (Wildman–Crippen MR) is 60.9 cm³/mol. The van der Waals surface area contributed by atoms with E-state index in [-0.39, 0.29) is 5.54 Å². The molecule has 2 aliphatic heterocycles. The number of piperazine rings is 1. The molecule has 0 aromatic rings. The van der Waals surface area contributed by atoms with E-state index in [0.29, 0.717) is 6.04 Å². The van der Waals surface area contributed by atoms with Crippen LogP contribution in [-0.4, -0.2) is 67.3 Å².